The first-order valence-corrected chi connectivity index (χ1v) is 6.79. The molecular formula is C15H21NO3. The van der Waals surface area contributed by atoms with Crippen molar-refractivity contribution in [2.24, 2.45) is 17.3 Å². The fraction of sp³-hybridized carbons (Fsp3) is 0.600. The van der Waals surface area contributed by atoms with Crippen molar-refractivity contribution in [1.29, 1.82) is 0 Å². The van der Waals surface area contributed by atoms with Gasteiger partial charge in [-0.05, 0) is 38.0 Å². The summed E-state index contributed by atoms with van der Waals surface area (Å²) >= 11 is 0. The number of carbonyl (C=O) groups excluding carboxylic acids is 2. The molecule has 0 spiro atoms. The number of Topliss-reactive ketones (excluding diaryl/α,β-unsaturated/α-hetero) is 1. The fourth-order valence-electron chi connectivity index (χ4n) is 3.15. The lowest BCUT2D eigenvalue weighted by Gasteiger charge is -2.32. The van der Waals surface area contributed by atoms with Crippen molar-refractivity contribution in [3.63, 3.8) is 0 Å². The minimum absolute atomic E-state index is 0.128. The second-order valence-corrected chi connectivity index (χ2v) is 5.48. The van der Waals surface area contributed by atoms with Gasteiger partial charge in [-0.15, -0.1) is 6.58 Å². The van der Waals surface area contributed by atoms with E-state index in [1.54, 1.807) is 13.0 Å². The number of amides is 1. The van der Waals surface area contributed by atoms with Crippen molar-refractivity contribution in [3.8, 4) is 0 Å². The highest BCUT2D eigenvalue weighted by Gasteiger charge is 2.52. The molecule has 2 aliphatic rings. The Labute approximate surface area is 113 Å². The minimum atomic E-state index is -0.491. The van der Waals surface area contributed by atoms with Crippen molar-refractivity contribution in [2.75, 3.05) is 13.2 Å². The Morgan fingerprint density at radius 2 is 2.32 bits per heavy atom. The molecule has 0 saturated heterocycles. The molecule has 0 aliphatic heterocycles. The van der Waals surface area contributed by atoms with Gasteiger partial charge in [0.25, 0.3) is 0 Å². The van der Waals surface area contributed by atoms with E-state index in [-0.39, 0.29) is 18.3 Å². The predicted octanol–water partition coefficient (Wildman–Crippen LogP) is 2.46. The monoisotopic (exact) mass is 263 g/mol. The zero-order valence-corrected chi connectivity index (χ0v) is 11.4. The standard InChI is InChI=1S/C15H21NO3/c1-3-4-7-16-14(18)19-10-15(11(2)17)9-12-5-6-13(15)8-12/h3,5-6,12-13H,1,4,7-10H2,2H3,(H,16,18). The Bertz CT molecular complexity index is 416. The normalized spacial score (nSPS) is 31.2. The third kappa shape index (κ3) is 2.72. The fourth-order valence-corrected chi connectivity index (χ4v) is 3.15. The van der Waals surface area contributed by atoms with Gasteiger partial charge in [0.2, 0.25) is 0 Å². The summed E-state index contributed by atoms with van der Waals surface area (Å²) in [6.07, 6.45) is 8.10. The number of ketones is 1. The lowest BCUT2D eigenvalue weighted by Crippen LogP contribution is -2.40. The molecule has 104 valence electrons. The molecule has 2 bridgehead atoms. The van der Waals surface area contributed by atoms with Crippen molar-refractivity contribution in [2.45, 2.75) is 26.2 Å². The second kappa shape index (κ2) is 5.59. The second-order valence-electron chi connectivity index (χ2n) is 5.48. The van der Waals surface area contributed by atoms with Crippen LogP contribution >= 0.6 is 0 Å². The maximum absolute atomic E-state index is 12.0. The number of hydrogen-bond donors (Lipinski definition) is 1. The quantitative estimate of drug-likeness (QED) is 0.591. The molecule has 2 rings (SSSR count). The van der Waals surface area contributed by atoms with Crippen LogP contribution < -0.4 is 5.32 Å². The zero-order valence-electron chi connectivity index (χ0n) is 11.4. The summed E-state index contributed by atoms with van der Waals surface area (Å²) in [5.74, 6) is 0.834. The molecule has 1 fully saturated rings. The van der Waals surface area contributed by atoms with E-state index in [0.717, 1.165) is 12.8 Å². The van der Waals surface area contributed by atoms with Gasteiger partial charge >= 0.3 is 6.09 Å². The number of alkyl carbamates (subject to hydrolysis) is 1. The van der Waals surface area contributed by atoms with E-state index < -0.39 is 11.5 Å². The van der Waals surface area contributed by atoms with Crippen LogP contribution in [0, 0.1) is 17.3 Å². The van der Waals surface area contributed by atoms with E-state index in [2.05, 4.69) is 24.0 Å². The minimum Gasteiger partial charge on any atom is -0.448 e. The van der Waals surface area contributed by atoms with Gasteiger partial charge in [0.05, 0.1) is 5.41 Å². The Morgan fingerprint density at radius 3 is 2.84 bits per heavy atom. The third-order valence-corrected chi connectivity index (χ3v) is 4.29. The molecule has 2 aliphatic carbocycles. The van der Waals surface area contributed by atoms with Gasteiger partial charge in [0.1, 0.15) is 12.4 Å². The molecule has 4 heteroatoms. The summed E-state index contributed by atoms with van der Waals surface area (Å²) < 4.78 is 5.25. The van der Waals surface area contributed by atoms with Crippen LogP contribution in [0.1, 0.15) is 26.2 Å². The molecule has 0 aromatic heterocycles. The van der Waals surface area contributed by atoms with E-state index in [9.17, 15) is 9.59 Å². The lowest BCUT2D eigenvalue weighted by atomic mass is 9.73. The highest BCUT2D eigenvalue weighted by molar-refractivity contribution is 5.84. The number of fused-ring (bicyclic) bond motifs is 2. The first kappa shape index (κ1) is 13.8. The van der Waals surface area contributed by atoms with Crippen LogP contribution in [-0.2, 0) is 9.53 Å². The highest BCUT2D eigenvalue weighted by Crippen LogP contribution is 2.52. The third-order valence-electron chi connectivity index (χ3n) is 4.29. The van der Waals surface area contributed by atoms with Crippen LogP contribution in [0.25, 0.3) is 0 Å². The average molecular weight is 263 g/mol. The van der Waals surface area contributed by atoms with Gasteiger partial charge in [-0.1, -0.05) is 18.2 Å². The topological polar surface area (TPSA) is 55.4 Å². The van der Waals surface area contributed by atoms with Gasteiger partial charge in [-0.25, -0.2) is 4.79 Å². The number of hydrogen-bond acceptors (Lipinski definition) is 3. The Balaban J connectivity index is 1.89. The van der Waals surface area contributed by atoms with Gasteiger partial charge < -0.3 is 10.1 Å². The molecule has 0 radical (unpaired) electrons. The summed E-state index contributed by atoms with van der Waals surface area (Å²) in [7, 11) is 0. The molecule has 1 N–H and O–H groups in total. The van der Waals surface area contributed by atoms with Crippen molar-refractivity contribution in [3.05, 3.63) is 24.8 Å². The van der Waals surface area contributed by atoms with Crippen LogP contribution in [0.5, 0.6) is 0 Å². The Morgan fingerprint density at radius 1 is 1.53 bits per heavy atom. The highest BCUT2D eigenvalue weighted by atomic mass is 16.5. The maximum Gasteiger partial charge on any atom is 0.407 e. The largest absolute Gasteiger partial charge is 0.448 e. The molecule has 0 heterocycles. The van der Waals surface area contributed by atoms with Crippen LogP contribution in [0.15, 0.2) is 24.8 Å². The predicted molar refractivity (Wildman–Crippen MR) is 72.6 cm³/mol. The average Bonchev–Trinajstić information content (AvgIpc) is 2.97. The van der Waals surface area contributed by atoms with Crippen LogP contribution in [0.2, 0.25) is 0 Å². The van der Waals surface area contributed by atoms with Crippen molar-refractivity contribution >= 4 is 11.9 Å². The van der Waals surface area contributed by atoms with E-state index in [4.69, 9.17) is 4.74 Å². The summed E-state index contributed by atoms with van der Waals surface area (Å²) in [5.41, 5.74) is -0.491. The van der Waals surface area contributed by atoms with E-state index in [0.29, 0.717) is 18.9 Å². The molecule has 0 aromatic rings. The first-order valence-electron chi connectivity index (χ1n) is 6.79. The molecule has 19 heavy (non-hydrogen) atoms. The molecule has 3 unspecified atom stereocenters. The number of nitrogens with one attached hydrogen (secondary N) is 1. The van der Waals surface area contributed by atoms with Crippen LogP contribution in [0.3, 0.4) is 0 Å². The smallest absolute Gasteiger partial charge is 0.407 e. The van der Waals surface area contributed by atoms with Crippen molar-refractivity contribution in [1.82, 2.24) is 5.32 Å². The molecule has 1 saturated carbocycles. The van der Waals surface area contributed by atoms with Gasteiger partial charge in [-0.2, -0.15) is 0 Å². The number of ether oxygens (including phenoxy) is 1. The molecule has 3 atom stereocenters. The molecular weight excluding hydrogens is 242 g/mol. The van der Waals surface area contributed by atoms with Crippen molar-refractivity contribution < 1.29 is 14.3 Å². The van der Waals surface area contributed by atoms with Gasteiger partial charge in [0, 0.05) is 6.54 Å². The summed E-state index contributed by atoms with van der Waals surface area (Å²) in [4.78, 5) is 23.5. The van der Waals surface area contributed by atoms with E-state index in [1.165, 1.54) is 0 Å². The molecule has 0 aromatic carbocycles. The lowest BCUT2D eigenvalue weighted by molar-refractivity contribution is -0.130. The van der Waals surface area contributed by atoms with E-state index in [1.807, 2.05) is 0 Å². The number of carbonyl (C=O) groups is 2. The first-order chi connectivity index (χ1) is 9.08. The van der Waals surface area contributed by atoms with Gasteiger partial charge in [-0.3, -0.25) is 4.79 Å². The number of rotatable bonds is 6. The maximum atomic E-state index is 12.0. The summed E-state index contributed by atoms with van der Waals surface area (Å²) in [5, 5.41) is 2.65. The van der Waals surface area contributed by atoms with Crippen LogP contribution in [-0.4, -0.2) is 25.0 Å². The number of allylic oxidation sites excluding steroid dienone is 2. The summed E-state index contributed by atoms with van der Waals surface area (Å²) in [6, 6.07) is 0. The molecule has 4 nitrogen and oxygen atoms in total. The molecule has 1 amide bonds. The zero-order chi connectivity index (χ0) is 13.9. The van der Waals surface area contributed by atoms with Gasteiger partial charge in [0.15, 0.2) is 0 Å². The summed E-state index contributed by atoms with van der Waals surface area (Å²) in [6.45, 7) is 5.89. The Hall–Kier alpha value is -1.58. The van der Waals surface area contributed by atoms with E-state index >= 15 is 0 Å². The Kier molecular flexibility index (Phi) is 4.08. The van der Waals surface area contributed by atoms with Crippen LogP contribution in [0.4, 0.5) is 4.79 Å². The SMILES string of the molecule is C=CCCNC(=O)OCC1(C(C)=O)CC2C=CC1C2.